The lowest BCUT2D eigenvalue weighted by Gasteiger charge is -2.13. The van der Waals surface area contributed by atoms with Gasteiger partial charge >= 0.3 is 6.18 Å². The van der Waals surface area contributed by atoms with Gasteiger partial charge in [0.05, 0.1) is 0 Å². The number of pyridine rings is 1. The summed E-state index contributed by atoms with van der Waals surface area (Å²) in [7, 11) is 0. The minimum atomic E-state index is -4.76. The van der Waals surface area contributed by atoms with Gasteiger partial charge in [0, 0.05) is 10.1 Å². The monoisotopic (exact) mass is 352 g/mol. The molecule has 0 aliphatic heterocycles. The molecule has 0 amide bonds. The van der Waals surface area contributed by atoms with E-state index in [1.54, 1.807) is 0 Å². The van der Waals surface area contributed by atoms with Crippen LogP contribution in [-0.4, -0.2) is 4.98 Å². The molecule has 0 saturated heterocycles. The standard InChI is InChI=1S/C8H6F5IN2/c9-7(10)4-1-3(2-15)5(14)6(16-4)8(11,12)13/h1,7H,2,15H2. The lowest BCUT2D eigenvalue weighted by atomic mass is 10.2. The molecule has 0 aliphatic carbocycles. The van der Waals surface area contributed by atoms with Gasteiger partial charge < -0.3 is 5.73 Å². The van der Waals surface area contributed by atoms with E-state index in [4.69, 9.17) is 5.73 Å². The zero-order valence-corrected chi connectivity index (χ0v) is 9.81. The van der Waals surface area contributed by atoms with Crippen molar-refractivity contribution in [3.63, 3.8) is 0 Å². The Kier molecular flexibility index (Phi) is 4.05. The minimum absolute atomic E-state index is 0.0122. The highest BCUT2D eigenvalue weighted by atomic mass is 127. The highest BCUT2D eigenvalue weighted by Gasteiger charge is 2.36. The number of alkyl halides is 5. The Hall–Kier alpha value is -0.510. The van der Waals surface area contributed by atoms with Crippen molar-refractivity contribution in [2.24, 2.45) is 5.73 Å². The summed E-state index contributed by atoms with van der Waals surface area (Å²) in [6.07, 6.45) is -7.81. The summed E-state index contributed by atoms with van der Waals surface area (Å²) in [5, 5.41) is 0. The van der Waals surface area contributed by atoms with Crippen LogP contribution in [0.5, 0.6) is 0 Å². The largest absolute Gasteiger partial charge is 0.434 e. The van der Waals surface area contributed by atoms with Gasteiger partial charge in [0.2, 0.25) is 0 Å². The number of halogens is 6. The summed E-state index contributed by atoms with van der Waals surface area (Å²) in [6.45, 7) is -0.246. The van der Waals surface area contributed by atoms with Crippen molar-refractivity contribution in [3.05, 3.63) is 26.6 Å². The van der Waals surface area contributed by atoms with E-state index in [1.807, 2.05) is 0 Å². The summed E-state index contributed by atoms with van der Waals surface area (Å²) < 4.78 is 61.7. The van der Waals surface area contributed by atoms with Crippen LogP contribution >= 0.6 is 22.6 Å². The van der Waals surface area contributed by atoms with Crippen LogP contribution in [0.1, 0.15) is 23.4 Å². The normalized spacial score (nSPS) is 12.2. The van der Waals surface area contributed by atoms with Crippen LogP contribution in [0.3, 0.4) is 0 Å². The van der Waals surface area contributed by atoms with Gasteiger partial charge in [0.25, 0.3) is 6.43 Å². The average Bonchev–Trinajstić information content (AvgIpc) is 2.15. The maximum atomic E-state index is 12.5. The third-order valence-electron chi connectivity index (χ3n) is 1.76. The van der Waals surface area contributed by atoms with E-state index < -0.39 is 24.0 Å². The summed E-state index contributed by atoms with van der Waals surface area (Å²) in [4.78, 5) is 2.91. The molecule has 1 rings (SSSR count). The first kappa shape index (κ1) is 13.6. The topological polar surface area (TPSA) is 38.9 Å². The molecule has 1 aromatic rings. The second kappa shape index (κ2) is 4.78. The predicted molar refractivity (Wildman–Crippen MR) is 54.8 cm³/mol. The maximum Gasteiger partial charge on any atom is 0.434 e. The number of hydrogen-bond acceptors (Lipinski definition) is 2. The number of nitrogens with zero attached hydrogens (tertiary/aromatic N) is 1. The van der Waals surface area contributed by atoms with Crippen LogP contribution in [-0.2, 0) is 12.7 Å². The number of hydrogen-bond donors (Lipinski definition) is 1. The van der Waals surface area contributed by atoms with Crippen molar-refractivity contribution in [2.75, 3.05) is 0 Å². The Labute approximate surface area is 101 Å². The van der Waals surface area contributed by atoms with Crippen LogP contribution in [0.15, 0.2) is 6.07 Å². The van der Waals surface area contributed by atoms with Crippen LogP contribution in [0.25, 0.3) is 0 Å². The first-order chi connectivity index (χ1) is 7.27. The SMILES string of the molecule is NCc1cc(C(F)F)nc(C(F)(F)F)c1I. The molecule has 0 atom stereocenters. The molecule has 16 heavy (non-hydrogen) atoms. The Bertz CT molecular complexity index is 391. The van der Waals surface area contributed by atoms with Gasteiger partial charge in [-0.3, -0.25) is 0 Å². The van der Waals surface area contributed by atoms with E-state index in [0.717, 1.165) is 6.07 Å². The fourth-order valence-corrected chi connectivity index (χ4v) is 1.85. The molecule has 2 nitrogen and oxygen atoms in total. The molecule has 2 N–H and O–H groups in total. The summed E-state index contributed by atoms with van der Waals surface area (Å²) in [6, 6.07) is 0.891. The second-order valence-corrected chi connectivity index (χ2v) is 3.95. The minimum Gasteiger partial charge on any atom is -0.326 e. The van der Waals surface area contributed by atoms with Gasteiger partial charge in [-0.2, -0.15) is 13.2 Å². The molecule has 1 aromatic heterocycles. The molecule has 8 heteroatoms. The van der Waals surface area contributed by atoms with Crippen LogP contribution in [0, 0.1) is 3.57 Å². The van der Waals surface area contributed by atoms with E-state index in [0.29, 0.717) is 0 Å². The first-order valence-corrected chi connectivity index (χ1v) is 5.10. The van der Waals surface area contributed by atoms with Crippen LogP contribution in [0.4, 0.5) is 22.0 Å². The molecular formula is C8H6F5IN2. The lowest BCUT2D eigenvalue weighted by Crippen LogP contribution is -2.15. The first-order valence-electron chi connectivity index (χ1n) is 4.02. The molecule has 0 spiro atoms. The van der Waals surface area contributed by atoms with E-state index in [1.165, 1.54) is 22.6 Å². The van der Waals surface area contributed by atoms with Crippen molar-refractivity contribution >= 4 is 22.6 Å². The zero-order valence-electron chi connectivity index (χ0n) is 7.65. The molecule has 0 fully saturated rings. The Morgan fingerprint density at radius 3 is 2.31 bits per heavy atom. The third kappa shape index (κ3) is 2.78. The quantitative estimate of drug-likeness (QED) is 0.656. The van der Waals surface area contributed by atoms with Crippen molar-refractivity contribution in [2.45, 2.75) is 19.1 Å². The average molecular weight is 352 g/mol. The van der Waals surface area contributed by atoms with Gasteiger partial charge in [-0.25, -0.2) is 13.8 Å². The van der Waals surface area contributed by atoms with Gasteiger partial charge in [0.1, 0.15) is 5.69 Å². The Morgan fingerprint density at radius 2 is 1.94 bits per heavy atom. The summed E-state index contributed by atoms with van der Waals surface area (Å²) in [5.74, 6) is 0. The smallest absolute Gasteiger partial charge is 0.326 e. The van der Waals surface area contributed by atoms with Gasteiger partial charge in [-0.15, -0.1) is 0 Å². The molecule has 0 aliphatic rings. The zero-order chi connectivity index (χ0) is 12.5. The maximum absolute atomic E-state index is 12.5. The fourth-order valence-electron chi connectivity index (χ4n) is 1.05. The number of nitrogens with two attached hydrogens (primary N) is 1. The van der Waals surface area contributed by atoms with Crippen LogP contribution in [0.2, 0.25) is 0 Å². The van der Waals surface area contributed by atoms with E-state index in [9.17, 15) is 22.0 Å². The number of rotatable bonds is 2. The van der Waals surface area contributed by atoms with Gasteiger partial charge in [0.15, 0.2) is 5.69 Å². The molecule has 0 aromatic carbocycles. The van der Waals surface area contributed by atoms with Gasteiger partial charge in [-0.1, -0.05) is 0 Å². The second-order valence-electron chi connectivity index (χ2n) is 2.87. The summed E-state index contributed by atoms with van der Waals surface area (Å²) >= 11 is 1.40. The molecule has 90 valence electrons. The highest BCUT2D eigenvalue weighted by molar-refractivity contribution is 14.1. The van der Waals surface area contributed by atoms with Crippen molar-refractivity contribution in [1.82, 2.24) is 4.98 Å². The molecule has 0 bridgehead atoms. The Morgan fingerprint density at radius 1 is 1.38 bits per heavy atom. The molecular weight excluding hydrogens is 346 g/mol. The third-order valence-corrected chi connectivity index (χ3v) is 2.97. The Balaban J connectivity index is 3.42. The molecule has 0 unspecified atom stereocenters. The molecule has 1 heterocycles. The van der Waals surface area contributed by atoms with E-state index >= 15 is 0 Å². The number of aromatic nitrogens is 1. The molecule has 0 radical (unpaired) electrons. The lowest BCUT2D eigenvalue weighted by molar-refractivity contribution is -0.142. The van der Waals surface area contributed by atoms with Crippen LogP contribution < -0.4 is 5.73 Å². The van der Waals surface area contributed by atoms with Crippen molar-refractivity contribution in [3.8, 4) is 0 Å². The molecule has 0 saturated carbocycles. The van der Waals surface area contributed by atoms with Gasteiger partial charge in [-0.05, 0) is 34.2 Å². The van der Waals surface area contributed by atoms with E-state index in [-0.39, 0.29) is 15.7 Å². The fraction of sp³-hybridized carbons (Fsp3) is 0.375. The predicted octanol–water partition coefficient (Wildman–Crippen LogP) is 3.10. The summed E-state index contributed by atoms with van der Waals surface area (Å²) in [5.41, 5.74) is 2.98. The highest BCUT2D eigenvalue weighted by Crippen LogP contribution is 2.34. The van der Waals surface area contributed by atoms with E-state index in [2.05, 4.69) is 4.98 Å². The van der Waals surface area contributed by atoms with Crippen molar-refractivity contribution < 1.29 is 22.0 Å². The van der Waals surface area contributed by atoms with Crippen molar-refractivity contribution in [1.29, 1.82) is 0 Å².